The van der Waals surface area contributed by atoms with Gasteiger partial charge in [-0.05, 0) is 23.6 Å². The monoisotopic (exact) mass is 303 g/mol. The lowest BCUT2D eigenvalue weighted by atomic mass is 10.1. The first-order valence-electron chi connectivity index (χ1n) is 6.83. The van der Waals surface area contributed by atoms with Crippen LogP contribution in [0.4, 0.5) is 5.82 Å². The zero-order valence-electron chi connectivity index (χ0n) is 12.1. The number of carbonyl (C=O) groups is 1. The van der Waals surface area contributed by atoms with Crippen molar-refractivity contribution < 1.29 is 4.79 Å². The van der Waals surface area contributed by atoms with E-state index in [1.807, 2.05) is 12.1 Å². The number of nitrogens with one attached hydrogen (secondary N) is 2. The fourth-order valence-electron chi connectivity index (χ4n) is 1.92. The van der Waals surface area contributed by atoms with Gasteiger partial charge in [0.15, 0.2) is 0 Å². The highest BCUT2D eigenvalue weighted by molar-refractivity contribution is 6.33. The van der Waals surface area contributed by atoms with E-state index in [9.17, 15) is 4.79 Å². The Morgan fingerprint density at radius 1 is 1.24 bits per heavy atom. The maximum Gasteiger partial charge on any atom is 0.253 e. The number of benzene rings is 1. The molecule has 0 unspecified atom stereocenters. The highest BCUT2D eigenvalue weighted by atomic mass is 35.5. The Kier molecular flexibility index (Phi) is 5.17. The smallest absolute Gasteiger partial charge is 0.253 e. The predicted molar refractivity (Wildman–Crippen MR) is 85.8 cm³/mol. The standard InChI is InChI=1S/C16H18ClN3O/c1-3-11-4-6-12(7-5-11)9-20-16(21)13-8-14(17)15(18-2)19-10-13/h4-8,10H,3,9H2,1-2H3,(H,18,19)(H,20,21). The third-order valence-corrected chi connectivity index (χ3v) is 3.51. The Morgan fingerprint density at radius 3 is 2.48 bits per heavy atom. The third-order valence-electron chi connectivity index (χ3n) is 3.22. The highest BCUT2D eigenvalue weighted by Crippen LogP contribution is 2.19. The summed E-state index contributed by atoms with van der Waals surface area (Å²) in [5.41, 5.74) is 2.79. The van der Waals surface area contributed by atoms with Crippen LogP contribution in [0.5, 0.6) is 0 Å². The fraction of sp³-hybridized carbons (Fsp3) is 0.250. The molecule has 0 spiro atoms. The maximum absolute atomic E-state index is 12.1. The minimum Gasteiger partial charge on any atom is -0.372 e. The van der Waals surface area contributed by atoms with Crippen LogP contribution in [-0.2, 0) is 13.0 Å². The van der Waals surface area contributed by atoms with Crippen LogP contribution < -0.4 is 10.6 Å². The molecule has 0 fully saturated rings. The van der Waals surface area contributed by atoms with Gasteiger partial charge in [0.2, 0.25) is 0 Å². The summed E-state index contributed by atoms with van der Waals surface area (Å²) in [6.45, 7) is 2.59. The second-order valence-corrected chi connectivity index (χ2v) is 5.06. The van der Waals surface area contributed by atoms with Crippen LogP contribution in [0.15, 0.2) is 36.5 Å². The number of hydrogen-bond donors (Lipinski definition) is 2. The number of amides is 1. The van der Waals surface area contributed by atoms with Crippen molar-refractivity contribution in [1.29, 1.82) is 0 Å². The molecule has 2 aromatic rings. The van der Waals surface area contributed by atoms with Gasteiger partial charge in [0, 0.05) is 19.8 Å². The molecule has 0 bridgehead atoms. The molecule has 0 atom stereocenters. The van der Waals surface area contributed by atoms with E-state index in [0.29, 0.717) is 22.9 Å². The van der Waals surface area contributed by atoms with Gasteiger partial charge in [-0.3, -0.25) is 4.79 Å². The topological polar surface area (TPSA) is 54.0 Å². The lowest BCUT2D eigenvalue weighted by Gasteiger charge is -2.08. The molecule has 4 nitrogen and oxygen atoms in total. The molecule has 2 N–H and O–H groups in total. The molecular weight excluding hydrogens is 286 g/mol. The van der Waals surface area contributed by atoms with E-state index in [1.54, 1.807) is 13.1 Å². The van der Waals surface area contributed by atoms with Gasteiger partial charge in [0.25, 0.3) is 5.91 Å². The van der Waals surface area contributed by atoms with E-state index in [4.69, 9.17) is 11.6 Å². The number of carbonyl (C=O) groups excluding carboxylic acids is 1. The largest absolute Gasteiger partial charge is 0.372 e. The number of hydrogen-bond acceptors (Lipinski definition) is 3. The lowest BCUT2D eigenvalue weighted by molar-refractivity contribution is 0.0950. The van der Waals surface area contributed by atoms with E-state index in [1.165, 1.54) is 11.8 Å². The summed E-state index contributed by atoms with van der Waals surface area (Å²) in [4.78, 5) is 16.2. The van der Waals surface area contributed by atoms with Crippen molar-refractivity contribution >= 4 is 23.3 Å². The van der Waals surface area contributed by atoms with Crippen molar-refractivity contribution in [1.82, 2.24) is 10.3 Å². The molecule has 0 aliphatic heterocycles. The highest BCUT2D eigenvalue weighted by Gasteiger charge is 2.09. The molecule has 0 aliphatic carbocycles. The number of pyridine rings is 1. The first kappa shape index (κ1) is 15.3. The van der Waals surface area contributed by atoms with E-state index >= 15 is 0 Å². The van der Waals surface area contributed by atoms with Gasteiger partial charge in [0.05, 0.1) is 10.6 Å². The number of aryl methyl sites for hydroxylation is 1. The zero-order valence-corrected chi connectivity index (χ0v) is 12.9. The molecule has 0 saturated heterocycles. The number of halogens is 1. The quantitative estimate of drug-likeness (QED) is 0.891. The zero-order chi connectivity index (χ0) is 15.2. The second-order valence-electron chi connectivity index (χ2n) is 4.66. The second kappa shape index (κ2) is 7.09. The summed E-state index contributed by atoms with van der Waals surface area (Å²) >= 11 is 6.02. The Morgan fingerprint density at radius 2 is 1.90 bits per heavy atom. The average Bonchev–Trinajstić information content (AvgIpc) is 2.53. The molecule has 21 heavy (non-hydrogen) atoms. The van der Waals surface area contributed by atoms with E-state index in [2.05, 4.69) is 34.7 Å². The van der Waals surface area contributed by atoms with Gasteiger partial charge in [-0.2, -0.15) is 0 Å². The number of aromatic nitrogens is 1. The van der Waals surface area contributed by atoms with Crippen LogP contribution in [0.1, 0.15) is 28.4 Å². The van der Waals surface area contributed by atoms with Crippen molar-refractivity contribution in [2.45, 2.75) is 19.9 Å². The Hall–Kier alpha value is -2.07. The fourth-order valence-corrected chi connectivity index (χ4v) is 2.18. The van der Waals surface area contributed by atoms with E-state index in [-0.39, 0.29) is 5.91 Å². The minimum absolute atomic E-state index is 0.188. The normalized spacial score (nSPS) is 10.2. The van der Waals surface area contributed by atoms with Crippen LogP contribution >= 0.6 is 11.6 Å². The molecule has 1 amide bonds. The molecule has 0 aliphatic rings. The summed E-state index contributed by atoms with van der Waals surface area (Å²) < 4.78 is 0. The summed E-state index contributed by atoms with van der Waals surface area (Å²) in [5, 5.41) is 6.14. The van der Waals surface area contributed by atoms with Crippen molar-refractivity contribution in [3.8, 4) is 0 Å². The van der Waals surface area contributed by atoms with E-state index in [0.717, 1.165) is 12.0 Å². The Bertz CT molecular complexity index is 626. The van der Waals surface area contributed by atoms with Crippen LogP contribution in [0, 0.1) is 0 Å². The van der Waals surface area contributed by atoms with Crippen LogP contribution in [-0.4, -0.2) is 17.9 Å². The predicted octanol–water partition coefficient (Wildman–Crippen LogP) is 3.27. The lowest BCUT2D eigenvalue weighted by Crippen LogP contribution is -2.23. The third kappa shape index (κ3) is 3.95. The Balaban J connectivity index is 1.99. The Labute approximate surface area is 129 Å². The molecular formula is C16H18ClN3O. The molecule has 110 valence electrons. The van der Waals surface area contributed by atoms with Crippen LogP contribution in [0.3, 0.4) is 0 Å². The van der Waals surface area contributed by atoms with Gasteiger partial charge >= 0.3 is 0 Å². The van der Waals surface area contributed by atoms with Gasteiger partial charge < -0.3 is 10.6 Å². The van der Waals surface area contributed by atoms with Gasteiger partial charge in [-0.15, -0.1) is 0 Å². The molecule has 1 aromatic heterocycles. The average molecular weight is 304 g/mol. The molecule has 2 rings (SSSR count). The summed E-state index contributed by atoms with van der Waals surface area (Å²) in [5.74, 6) is 0.370. The maximum atomic E-state index is 12.1. The van der Waals surface area contributed by atoms with Gasteiger partial charge in [-0.25, -0.2) is 4.98 Å². The van der Waals surface area contributed by atoms with Crippen LogP contribution in [0.25, 0.3) is 0 Å². The SMILES string of the molecule is CCc1ccc(CNC(=O)c2cnc(NC)c(Cl)c2)cc1. The van der Waals surface area contributed by atoms with Gasteiger partial charge in [0.1, 0.15) is 5.82 Å². The minimum atomic E-state index is -0.188. The van der Waals surface area contributed by atoms with E-state index < -0.39 is 0 Å². The molecule has 1 aromatic carbocycles. The first-order valence-corrected chi connectivity index (χ1v) is 7.21. The molecule has 0 radical (unpaired) electrons. The number of rotatable bonds is 5. The van der Waals surface area contributed by atoms with Crippen molar-refractivity contribution in [2.75, 3.05) is 12.4 Å². The van der Waals surface area contributed by atoms with Crippen molar-refractivity contribution in [2.24, 2.45) is 0 Å². The summed E-state index contributed by atoms with van der Waals surface area (Å²) in [6.07, 6.45) is 2.52. The van der Waals surface area contributed by atoms with Crippen molar-refractivity contribution in [3.63, 3.8) is 0 Å². The van der Waals surface area contributed by atoms with Crippen LogP contribution in [0.2, 0.25) is 5.02 Å². The van der Waals surface area contributed by atoms with Gasteiger partial charge in [-0.1, -0.05) is 42.8 Å². The first-order chi connectivity index (χ1) is 10.1. The number of nitrogens with zero attached hydrogens (tertiary/aromatic N) is 1. The van der Waals surface area contributed by atoms with Crippen molar-refractivity contribution in [3.05, 3.63) is 58.2 Å². The number of anilines is 1. The summed E-state index contributed by atoms with van der Waals surface area (Å²) in [6, 6.07) is 9.79. The molecule has 1 heterocycles. The molecule has 0 saturated carbocycles. The molecule has 5 heteroatoms. The summed E-state index contributed by atoms with van der Waals surface area (Å²) in [7, 11) is 1.73.